The lowest BCUT2D eigenvalue weighted by atomic mass is 10.0. The molecule has 11 nitrogen and oxygen atoms in total. The largest absolute Gasteiger partial charge is 0.508 e. The number of aromatic hydroxyl groups is 1. The smallest absolute Gasteiger partial charge is 0.325 e. The Morgan fingerprint density at radius 1 is 0.906 bits per heavy atom. The number of nitrogens with one attached hydrogen (secondary N) is 3. The molecule has 0 spiro atoms. The Kier molecular flexibility index (Phi) is 11.1. The Labute approximate surface area is 186 Å². The first-order valence-electron chi connectivity index (χ1n) is 10.4. The van der Waals surface area contributed by atoms with Crippen LogP contribution in [0, 0.1) is 0 Å². The molecule has 0 radical (unpaired) electrons. The summed E-state index contributed by atoms with van der Waals surface area (Å²) in [5, 5.41) is 25.7. The number of hydrogen-bond acceptors (Lipinski definition) is 7. The number of carbonyl (C=O) groups is 4. The van der Waals surface area contributed by atoms with Crippen LogP contribution in [0.5, 0.6) is 5.75 Å². The molecule has 0 heterocycles. The van der Waals surface area contributed by atoms with Gasteiger partial charge in [0.2, 0.25) is 17.7 Å². The number of phenolic OH excluding ortho intramolecular Hbond substituents is 1. The third-order valence-corrected chi connectivity index (χ3v) is 4.80. The summed E-state index contributed by atoms with van der Waals surface area (Å²) in [6.07, 6.45) is 1.88. The second-order valence-electron chi connectivity index (χ2n) is 7.62. The van der Waals surface area contributed by atoms with Crippen LogP contribution in [0.4, 0.5) is 0 Å². The Morgan fingerprint density at radius 2 is 1.50 bits per heavy atom. The maximum Gasteiger partial charge on any atom is 0.325 e. The van der Waals surface area contributed by atoms with Crippen LogP contribution in [0.1, 0.15) is 38.7 Å². The molecule has 1 aromatic carbocycles. The highest BCUT2D eigenvalue weighted by molar-refractivity contribution is 5.94. The number of aliphatic carboxylic acids is 1. The zero-order valence-electron chi connectivity index (χ0n) is 18.3. The van der Waals surface area contributed by atoms with E-state index in [-0.39, 0.29) is 12.2 Å². The van der Waals surface area contributed by atoms with Gasteiger partial charge in [-0.3, -0.25) is 19.2 Å². The highest BCUT2D eigenvalue weighted by Gasteiger charge is 2.27. The minimum absolute atomic E-state index is 0.0542. The van der Waals surface area contributed by atoms with Crippen molar-refractivity contribution >= 4 is 23.7 Å². The number of benzene rings is 1. The minimum atomic E-state index is -1.21. The van der Waals surface area contributed by atoms with Gasteiger partial charge in [0.15, 0.2) is 0 Å². The third kappa shape index (κ3) is 9.31. The average Bonchev–Trinajstić information content (AvgIpc) is 2.74. The van der Waals surface area contributed by atoms with Crippen molar-refractivity contribution in [1.29, 1.82) is 0 Å². The fourth-order valence-corrected chi connectivity index (χ4v) is 2.78. The maximum absolute atomic E-state index is 12.8. The predicted octanol–water partition coefficient (Wildman–Crippen LogP) is -1.03. The van der Waals surface area contributed by atoms with E-state index in [9.17, 15) is 24.3 Å². The van der Waals surface area contributed by atoms with Crippen molar-refractivity contribution in [2.45, 2.75) is 63.7 Å². The summed E-state index contributed by atoms with van der Waals surface area (Å²) in [5.41, 5.74) is 12.0. The predicted molar refractivity (Wildman–Crippen MR) is 117 cm³/mol. The summed E-state index contributed by atoms with van der Waals surface area (Å²) in [6.45, 7) is 3.19. The fraction of sp³-hybridized carbons (Fsp3) is 0.524. The summed E-state index contributed by atoms with van der Waals surface area (Å²) in [7, 11) is 0. The van der Waals surface area contributed by atoms with Gasteiger partial charge in [0, 0.05) is 6.42 Å². The van der Waals surface area contributed by atoms with E-state index < -0.39 is 47.9 Å². The first-order valence-corrected chi connectivity index (χ1v) is 10.4. The normalized spacial score (nSPS) is 14.5. The molecule has 0 aromatic heterocycles. The average molecular weight is 452 g/mol. The van der Waals surface area contributed by atoms with Crippen molar-refractivity contribution < 1.29 is 29.4 Å². The van der Waals surface area contributed by atoms with E-state index in [4.69, 9.17) is 16.6 Å². The van der Waals surface area contributed by atoms with Crippen LogP contribution in [0.2, 0.25) is 0 Å². The van der Waals surface area contributed by atoms with Crippen LogP contribution >= 0.6 is 0 Å². The standard InChI is InChI=1S/C21H33N5O6/c1-12(18(28)25-13(2)21(31)32)24-20(30)17(11-14-6-8-15(27)9-7-14)26-19(29)16(23)5-3-4-10-22/h6-9,12-13,16-17,27H,3-5,10-11,22-23H2,1-2H3,(H,24,30)(H,25,28)(H,26,29)(H,31,32)/t12-,13-,16-,17-/m0/s1. The van der Waals surface area contributed by atoms with E-state index in [2.05, 4.69) is 16.0 Å². The number of carboxylic acids is 1. The van der Waals surface area contributed by atoms with Gasteiger partial charge in [0.25, 0.3) is 0 Å². The van der Waals surface area contributed by atoms with E-state index in [1.807, 2.05) is 0 Å². The monoisotopic (exact) mass is 451 g/mol. The van der Waals surface area contributed by atoms with Crippen LogP contribution in [0.3, 0.4) is 0 Å². The molecule has 3 amide bonds. The van der Waals surface area contributed by atoms with Crippen molar-refractivity contribution in [1.82, 2.24) is 16.0 Å². The second kappa shape index (κ2) is 13.3. The molecule has 9 N–H and O–H groups in total. The number of carboxylic acid groups (broad SMARTS) is 1. The van der Waals surface area contributed by atoms with Gasteiger partial charge in [0.05, 0.1) is 6.04 Å². The van der Waals surface area contributed by atoms with Crippen LogP contribution < -0.4 is 27.4 Å². The summed E-state index contributed by atoms with van der Waals surface area (Å²) in [5.74, 6) is -2.98. The van der Waals surface area contributed by atoms with Crippen LogP contribution in [0.25, 0.3) is 0 Å². The van der Waals surface area contributed by atoms with Crippen molar-refractivity contribution in [3.63, 3.8) is 0 Å². The Bertz CT molecular complexity index is 785. The van der Waals surface area contributed by atoms with Gasteiger partial charge in [-0.25, -0.2) is 0 Å². The van der Waals surface area contributed by atoms with E-state index in [1.165, 1.54) is 26.0 Å². The SMILES string of the molecule is C[C@H](NC(=O)[C@H](C)NC(=O)[C@H](Cc1ccc(O)cc1)NC(=O)[C@@H](N)CCCCN)C(=O)O. The third-order valence-electron chi connectivity index (χ3n) is 4.80. The molecule has 1 aromatic rings. The summed E-state index contributed by atoms with van der Waals surface area (Å²) in [4.78, 5) is 48.4. The molecule has 0 saturated heterocycles. The molecule has 32 heavy (non-hydrogen) atoms. The second-order valence-corrected chi connectivity index (χ2v) is 7.62. The molecule has 4 atom stereocenters. The van der Waals surface area contributed by atoms with Crippen molar-refractivity contribution in [3.8, 4) is 5.75 Å². The molecule has 0 aliphatic carbocycles. The number of hydrogen-bond donors (Lipinski definition) is 7. The molecule has 0 aliphatic heterocycles. The summed E-state index contributed by atoms with van der Waals surface area (Å²) in [6, 6.07) is 2.08. The topological polar surface area (TPSA) is 197 Å². The fourth-order valence-electron chi connectivity index (χ4n) is 2.78. The summed E-state index contributed by atoms with van der Waals surface area (Å²) >= 11 is 0. The maximum atomic E-state index is 12.8. The molecule has 0 aliphatic rings. The molecule has 178 valence electrons. The van der Waals surface area contributed by atoms with E-state index in [0.29, 0.717) is 24.9 Å². The van der Waals surface area contributed by atoms with Gasteiger partial charge < -0.3 is 37.6 Å². The Hall–Kier alpha value is -3.18. The number of rotatable bonds is 13. The Morgan fingerprint density at radius 3 is 2.06 bits per heavy atom. The van der Waals surface area contributed by atoms with Crippen molar-refractivity contribution in [3.05, 3.63) is 29.8 Å². The molecule has 1 rings (SSSR count). The lowest BCUT2D eigenvalue weighted by Gasteiger charge is -2.23. The lowest BCUT2D eigenvalue weighted by molar-refractivity contribution is -0.141. The van der Waals surface area contributed by atoms with Gasteiger partial charge in [-0.05, 0) is 50.9 Å². The molecular formula is C21H33N5O6. The quantitative estimate of drug-likeness (QED) is 0.185. The zero-order chi connectivity index (χ0) is 24.3. The van der Waals surface area contributed by atoms with Gasteiger partial charge in [0.1, 0.15) is 23.9 Å². The highest BCUT2D eigenvalue weighted by atomic mass is 16.4. The van der Waals surface area contributed by atoms with Crippen LogP contribution in [-0.2, 0) is 25.6 Å². The highest BCUT2D eigenvalue weighted by Crippen LogP contribution is 2.12. The molecule has 0 saturated carbocycles. The van der Waals surface area contributed by atoms with E-state index in [0.717, 1.165) is 6.42 Å². The molecular weight excluding hydrogens is 418 g/mol. The molecule has 11 heteroatoms. The van der Waals surface area contributed by atoms with Crippen LogP contribution in [-0.4, -0.2) is 64.6 Å². The first kappa shape index (κ1) is 26.9. The van der Waals surface area contributed by atoms with Gasteiger partial charge in [-0.15, -0.1) is 0 Å². The van der Waals surface area contributed by atoms with Crippen molar-refractivity contribution in [2.24, 2.45) is 11.5 Å². The van der Waals surface area contributed by atoms with Crippen LogP contribution in [0.15, 0.2) is 24.3 Å². The number of amides is 3. The lowest BCUT2D eigenvalue weighted by Crippen LogP contribution is -2.56. The van der Waals surface area contributed by atoms with E-state index >= 15 is 0 Å². The number of phenols is 1. The number of unbranched alkanes of at least 4 members (excludes halogenated alkanes) is 1. The number of nitrogens with two attached hydrogens (primary N) is 2. The van der Waals surface area contributed by atoms with Crippen molar-refractivity contribution in [2.75, 3.05) is 6.54 Å². The van der Waals surface area contributed by atoms with Gasteiger partial charge in [-0.2, -0.15) is 0 Å². The number of carbonyl (C=O) groups excluding carboxylic acids is 3. The Balaban J connectivity index is 2.87. The van der Waals surface area contributed by atoms with E-state index in [1.54, 1.807) is 12.1 Å². The molecule has 0 unspecified atom stereocenters. The summed E-state index contributed by atoms with van der Waals surface area (Å²) < 4.78 is 0. The molecule has 0 fully saturated rings. The van der Waals surface area contributed by atoms with Gasteiger partial charge >= 0.3 is 5.97 Å². The molecule has 0 bridgehead atoms. The minimum Gasteiger partial charge on any atom is -0.508 e. The zero-order valence-corrected chi connectivity index (χ0v) is 18.3. The van der Waals surface area contributed by atoms with Gasteiger partial charge in [-0.1, -0.05) is 18.6 Å². The first-order chi connectivity index (χ1) is 15.0.